The summed E-state index contributed by atoms with van der Waals surface area (Å²) in [6.07, 6.45) is 0. The van der Waals surface area contributed by atoms with Crippen LogP contribution in [0.15, 0.2) is 60.7 Å². The first-order chi connectivity index (χ1) is 15.9. The average molecular weight is 466 g/mol. The number of aryl methyl sites for hydroxylation is 1. The van der Waals surface area contributed by atoms with Gasteiger partial charge in [0.2, 0.25) is 0 Å². The lowest BCUT2D eigenvalue weighted by Crippen LogP contribution is -2.50. The highest BCUT2D eigenvalue weighted by molar-refractivity contribution is 7.17. The van der Waals surface area contributed by atoms with E-state index in [4.69, 9.17) is 4.74 Å². The second kappa shape index (κ2) is 9.83. The van der Waals surface area contributed by atoms with Gasteiger partial charge in [-0.25, -0.2) is 0 Å². The van der Waals surface area contributed by atoms with E-state index in [9.17, 15) is 19.7 Å². The number of nitrogens with zero attached hydrogens (tertiary/aromatic N) is 3. The van der Waals surface area contributed by atoms with Crippen molar-refractivity contribution in [1.82, 2.24) is 9.80 Å². The molecule has 4 rings (SSSR count). The third-order valence-electron chi connectivity index (χ3n) is 5.41. The summed E-state index contributed by atoms with van der Waals surface area (Å²) in [5, 5.41) is 10.8. The molecule has 0 radical (unpaired) electrons. The fourth-order valence-corrected chi connectivity index (χ4v) is 4.47. The third kappa shape index (κ3) is 5.38. The lowest BCUT2D eigenvalue weighted by Gasteiger charge is -2.34. The summed E-state index contributed by atoms with van der Waals surface area (Å²) in [7, 11) is 0. The second-order valence-electron chi connectivity index (χ2n) is 7.78. The Balaban J connectivity index is 1.34. The Kier molecular flexibility index (Phi) is 6.69. The van der Waals surface area contributed by atoms with E-state index in [1.54, 1.807) is 28.0 Å². The monoisotopic (exact) mass is 465 g/mol. The highest BCUT2D eigenvalue weighted by Crippen LogP contribution is 2.25. The lowest BCUT2D eigenvalue weighted by atomic mass is 10.1. The van der Waals surface area contributed by atoms with Crippen molar-refractivity contribution < 1.29 is 19.2 Å². The third-order valence-corrected chi connectivity index (χ3v) is 6.43. The molecule has 0 spiro atoms. The molecule has 1 saturated heterocycles. The molecule has 0 unspecified atom stereocenters. The molecule has 8 nitrogen and oxygen atoms in total. The smallest absolute Gasteiger partial charge is 0.324 e. The molecule has 1 fully saturated rings. The molecular weight excluding hydrogens is 442 g/mol. The zero-order valence-electron chi connectivity index (χ0n) is 18.1. The fraction of sp³-hybridized carbons (Fsp3) is 0.250. The van der Waals surface area contributed by atoms with Crippen LogP contribution in [-0.4, -0.2) is 52.7 Å². The molecule has 1 aromatic heterocycles. The van der Waals surface area contributed by atoms with E-state index in [1.165, 1.54) is 12.1 Å². The Bertz CT molecular complexity index is 1180. The molecule has 9 heteroatoms. The van der Waals surface area contributed by atoms with E-state index in [0.29, 0.717) is 49.0 Å². The molecule has 1 aliphatic rings. The fourth-order valence-electron chi connectivity index (χ4n) is 3.68. The number of piperazine rings is 1. The van der Waals surface area contributed by atoms with Crippen LogP contribution in [0.1, 0.15) is 31.2 Å². The molecule has 33 heavy (non-hydrogen) atoms. The molecule has 170 valence electrons. The summed E-state index contributed by atoms with van der Waals surface area (Å²) < 4.78 is 5.87. The normalized spacial score (nSPS) is 13.6. The first-order valence-corrected chi connectivity index (χ1v) is 11.3. The Labute approximate surface area is 195 Å². The number of carbonyl (C=O) groups is 2. The zero-order chi connectivity index (χ0) is 23.4. The van der Waals surface area contributed by atoms with Crippen LogP contribution in [0.4, 0.5) is 5.00 Å². The van der Waals surface area contributed by atoms with E-state index < -0.39 is 4.92 Å². The van der Waals surface area contributed by atoms with E-state index in [1.807, 2.05) is 31.2 Å². The van der Waals surface area contributed by atoms with Gasteiger partial charge >= 0.3 is 5.00 Å². The maximum Gasteiger partial charge on any atom is 0.324 e. The van der Waals surface area contributed by atoms with Crippen LogP contribution in [0.25, 0.3) is 0 Å². The minimum absolute atomic E-state index is 0.0586. The summed E-state index contributed by atoms with van der Waals surface area (Å²) in [4.78, 5) is 39.6. The molecule has 2 amide bonds. The minimum Gasteiger partial charge on any atom is -0.489 e. The summed E-state index contributed by atoms with van der Waals surface area (Å²) >= 11 is 0.867. The van der Waals surface area contributed by atoms with Crippen molar-refractivity contribution in [3.63, 3.8) is 0 Å². The molecule has 1 aliphatic heterocycles. The molecule has 2 heterocycles. The lowest BCUT2D eigenvalue weighted by molar-refractivity contribution is -0.380. The van der Waals surface area contributed by atoms with Gasteiger partial charge in [-0.05, 0) is 36.8 Å². The van der Waals surface area contributed by atoms with Gasteiger partial charge in [0.25, 0.3) is 11.8 Å². The van der Waals surface area contributed by atoms with Gasteiger partial charge in [-0.2, -0.15) is 0 Å². The van der Waals surface area contributed by atoms with Crippen molar-refractivity contribution in [3.8, 4) is 5.75 Å². The van der Waals surface area contributed by atoms with Gasteiger partial charge in [0.05, 0.1) is 9.80 Å². The molecule has 0 saturated carbocycles. The quantitative estimate of drug-likeness (QED) is 0.403. The minimum atomic E-state index is -0.503. The van der Waals surface area contributed by atoms with Gasteiger partial charge in [-0.15, -0.1) is 0 Å². The van der Waals surface area contributed by atoms with Crippen LogP contribution in [0, 0.1) is 17.0 Å². The number of ether oxygens (including phenoxy) is 1. The number of benzene rings is 2. The Morgan fingerprint density at radius 2 is 1.67 bits per heavy atom. The summed E-state index contributed by atoms with van der Waals surface area (Å²) in [5.74, 6) is 0.261. The van der Waals surface area contributed by atoms with Gasteiger partial charge < -0.3 is 14.5 Å². The van der Waals surface area contributed by atoms with Gasteiger partial charge in [-0.3, -0.25) is 19.7 Å². The van der Waals surface area contributed by atoms with Crippen LogP contribution in [-0.2, 0) is 6.61 Å². The van der Waals surface area contributed by atoms with Gasteiger partial charge in [0.15, 0.2) is 0 Å². The molecule has 0 aliphatic carbocycles. The van der Waals surface area contributed by atoms with Crippen LogP contribution in [0.2, 0.25) is 0 Å². The number of amides is 2. The maximum atomic E-state index is 13.0. The summed E-state index contributed by atoms with van der Waals surface area (Å²) in [6.45, 7) is 3.99. The highest BCUT2D eigenvalue weighted by atomic mass is 32.1. The van der Waals surface area contributed by atoms with Crippen molar-refractivity contribution in [3.05, 3.63) is 92.3 Å². The molecular formula is C24H23N3O5S. The second-order valence-corrected chi connectivity index (χ2v) is 8.85. The van der Waals surface area contributed by atoms with Crippen molar-refractivity contribution in [2.45, 2.75) is 13.5 Å². The Morgan fingerprint density at radius 1 is 0.970 bits per heavy atom. The number of thiophene rings is 1. The Hall–Kier alpha value is -3.72. The highest BCUT2D eigenvalue weighted by Gasteiger charge is 2.27. The average Bonchev–Trinajstić information content (AvgIpc) is 3.33. The standard InChI is InChI=1S/C24H23N3O5S/c1-17-4-2-5-18(14-17)16-32-20-7-3-6-19(15-20)23(28)25-10-12-26(13-11-25)24(29)21-8-9-22(33-21)27(30)31/h2-9,14-15H,10-13,16H2,1H3. The molecule has 0 atom stereocenters. The van der Waals surface area contributed by atoms with Crippen LogP contribution < -0.4 is 4.74 Å². The number of hydrogen-bond acceptors (Lipinski definition) is 6. The van der Waals surface area contributed by atoms with E-state index in [0.717, 1.165) is 22.5 Å². The predicted octanol–water partition coefficient (Wildman–Crippen LogP) is 4.14. The maximum absolute atomic E-state index is 13.0. The Morgan fingerprint density at radius 3 is 2.33 bits per heavy atom. The van der Waals surface area contributed by atoms with Gasteiger partial charge in [-0.1, -0.05) is 47.2 Å². The van der Waals surface area contributed by atoms with Crippen LogP contribution >= 0.6 is 11.3 Å². The SMILES string of the molecule is Cc1cccc(COc2cccc(C(=O)N3CCN(C(=O)c4ccc([N+](=O)[O-])s4)CC3)c2)c1. The van der Waals surface area contributed by atoms with E-state index >= 15 is 0 Å². The topological polar surface area (TPSA) is 93.0 Å². The first kappa shape index (κ1) is 22.5. The van der Waals surface area contributed by atoms with Gasteiger partial charge in [0.1, 0.15) is 12.4 Å². The summed E-state index contributed by atoms with van der Waals surface area (Å²) in [5.41, 5.74) is 2.75. The van der Waals surface area contributed by atoms with Crippen LogP contribution in [0.3, 0.4) is 0 Å². The molecule has 2 aromatic carbocycles. The number of rotatable bonds is 6. The van der Waals surface area contributed by atoms with E-state index in [2.05, 4.69) is 6.07 Å². The summed E-state index contributed by atoms with van der Waals surface area (Å²) in [6, 6.07) is 18.0. The van der Waals surface area contributed by atoms with Gasteiger partial charge in [0, 0.05) is 37.8 Å². The van der Waals surface area contributed by atoms with Crippen molar-refractivity contribution in [2.75, 3.05) is 26.2 Å². The number of hydrogen-bond donors (Lipinski definition) is 0. The number of carbonyl (C=O) groups excluding carboxylic acids is 2. The predicted molar refractivity (Wildman–Crippen MR) is 125 cm³/mol. The molecule has 0 N–H and O–H groups in total. The van der Waals surface area contributed by atoms with Crippen LogP contribution in [0.5, 0.6) is 5.75 Å². The van der Waals surface area contributed by atoms with Crippen molar-refractivity contribution >= 4 is 28.2 Å². The first-order valence-electron chi connectivity index (χ1n) is 10.5. The van der Waals surface area contributed by atoms with Crippen molar-refractivity contribution in [1.29, 1.82) is 0 Å². The molecule has 0 bridgehead atoms. The molecule has 3 aromatic rings. The van der Waals surface area contributed by atoms with Crippen molar-refractivity contribution in [2.24, 2.45) is 0 Å². The van der Waals surface area contributed by atoms with E-state index in [-0.39, 0.29) is 16.8 Å². The largest absolute Gasteiger partial charge is 0.489 e. The zero-order valence-corrected chi connectivity index (χ0v) is 18.9. The number of nitro groups is 1.